The van der Waals surface area contributed by atoms with E-state index in [2.05, 4.69) is 48.8 Å². The standard InChI is InChI=1S/C16H21NOS/c1-3-10-18-15-8-6-14(7-9-15)13(2)17-12-16-5-4-11-19-16/h4-9,11,13,17H,3,10,12H2,1-2H3. The van der Waals surface area contributed by atoms with Crippen LogP contribution in [0.3, 0.4) is 0 Å². The first-order valence-electron chi connectivity index (χ1n) is 6.78. The Morgan fingerprint density at radius 3 is 2.63 bits per heavy atom. The first-order valence-corrected chi connectivity index (χ1v) is 7.66. The lowest BCUT2D eigenvalue weighted by molar-refractivity contribution is 0.317. The highest BCUT2D eigenvalue weighted by Gasteiger charge is 2.05. The fourth-order valence-corrected chi connectivity index (χ4v) is 2.51. The predicted octanol–water partition coefficient (Wildman–Crippen LogP) is 4.39. The Morgan fingerprint density at radius 1 is 1.21 bits per heavy atom. The molecular formula is C16H21NOS. The molecule has 102 valence electrons. The summed E-state index contributed by atoms with van der Waals surface area (Å²) in [7, 11) is 0. The van der Waals surface area contributed by atoms with E-state index in [4.69, 9.17) is 4.74 Å². The topological polar surface area (TPSA) is 21.3 Å². The zero-order valence-electron chi connectivity index (χ0n) is 11.6. The van der Waals surface area contributed by atoms with Crippen LogP contribution >= 0.6 is 11.3 Å². The second kappa shape index (κ2) is 7.31. The van der Waals surface area contributed by atoms with Gasteiger partial charge in [0, 0.05) is 17.5 Å². The van der Waals surface area contributed by atoms with Gasteiger partial charge in [-0.2, -0.15) is 0 Å². The normalized spacial score (nSPS) is 12.3. The summed E-state index contributed by atoms with van der Waals surface area (Å²) in [5, 5.41) is 5.65. The number of thiophene rings is 1. The number of benzene rings is 1. The van der Waals surface area contributed by atoms with Crippen LogP contribution in [0.2, 0.25) is 0 Å². The quantitative estimate of drug-likeness (QED) is 0.809. The van der Waals surface area contributed by atoms with Gasteiger partial charge in [0.2, 0.25) is 0 Å². The first-order chi connectivity index (χ1) is 9.29. The van der Waals surface area contributed by atoms with Crippen LogP contribution in [0.4, 0.5) is 0 Å². The van der Waals surface area contributed by atoms with Gasteiger partial charge in [0.25, 0.3) is 0 Å². The SMILES string of the molecule is CCCOc1ccc(C(C)NCc2cccs2)cc1. The molecule has 0 aliphatic carbocycles. The summed E-state index contributed by atoms with van der Waals surface area (Å²) in [6.45, 7) is 6.01. The Kier molecular flexibility index (Phi) is 5.43. The number of nitrogens with one attached hydrogen (secondary N) is 1. The maximum Gasteiger partial charge on any atom is 0.119 e. The van der Waals surface area contributed by atoms with E-state index in [0.717, 1.165) is 25.3 Å². The van der Waals surface area contributed by atoms with Gasteiger partial charge in [0.05, 0.1) is 6.61 Å². The maximum atomic E-state index is 5.59. The summed E-state index contributed by atoms with van der Waals surface area (Å²) in [6.07, 6.45) is 1.04. The molecule has 0 aliphatic rings. The highest BCUT2D eigenvalue weighted by Crippen LogP contribution is 2.18. The van der Waals surface area contributed by atoms with Gasteiger partial charge in [-0.05, 0) is 42.5 Å². The lowest BCUT2D eigenvalue weighted by Gasteiger charge is -2.14. The van der Waals surface area contributed by atoms with Gasteiger partial charge in [-0.1, -0.05) is 25.1 Å². The molecule has 1 aromatic heterocycles. The Bertz CT molecular complexity index is 464. The van der Waals surface area contributed by atoms with E-state index in [1.165, 1.54) is 10.4 Å². The molecule has 0 spiro atoms. The zero-order chi connectivity index (χ0) is 13.5. The van der Waals surface area contributed by atoms with E-state index in [1.807, 2.05) is 12.1 Å². The molecule has 1 heterocycles. The van der Waals surface area contributed by atoms with E-state index in [0.29, 0.717) is 6.04 Å². The zero-order valence-corrected chi connectivity index (χ0v) is 12.4. The lowest BCUT2D eigenvalue weighted by Crippen LogP contribution is -2.17. The molecule has 0 saturated carbocycles. The number of rotatable bonds is 7. The third kappa shape index (κ3) is 4.37. The molecule has 0 amide bonds. The van der Waals surface area contributed by atoms with Crippen LogP contribution in [0.15, 0.2) is 41.8 Å². The van der Waals surface area contributed by atoms with Gasteiger partial charge >= 0.3 is 0 Å². The van der Waals surface area contributed by atoms with Crippen LogP contribution in [0.5, 0.6) is 5.75 Å². The molecule has 1 N–H and O–H groups in total. The molecule has 0 bridgehead atoms. The lowest BCUT2D eigenvalue weighted by atomic mass is 10.1. The third-order valence-corrected chi connectivity index (χ3v) is 3.89. The summed E-state index contributed by atoms with van der Waals surface area (Å²) in [5.74, 6) is 0.955. The highest BCUT2D eigenvalue weighted by molar-refractivity contribution is 7.09. The van der Waals surface area contributed by atoms with Gasteiger partial charge in [-0.15, -0.1) is 11.3 Å². The van der Waals surface area contributed by atoms with E-state index >= 15 is 0 Å². The summed E-state index contributed by atoms with van der Waals surface area (Å²) < 4.78 is 5.59. The van der Waals surface area contributed by atoms with Crippen molar-refractivity contribution >= 4 is 11.3 Å². The van der Waals surface area contributed by atoms with Crippen molar-refractivity contribution < 1.29 is 4.74 Å². The second-order valence-corrected chi connectivity index (χ2v) is 5.63. The molecule has 2 nitrogen and oxygen atoms in total. The summed E-state index contributed by atoms with van der Waals surface area (Å²) in [6, 6.07) is 13.0. The van der Waals surface area contributed by atoms with Gasteiger partial charge in [0.15, 0.2) is 0 Å². The van der Waals surface area contributed by atoms with Gasteiger partial charge in [-0.3, -0.25) is 0 Å². The second-order valence-electron chi connectivity index (χ2n) is 4.60. The minimum absolute atomic E-state index is 0.349. The van der Waals surface area contributed by atoms with E-state index < -0.39 is 0 Å². The molecule has 0 radical (unpaired) electrons. The molecule has 2 aromatic rings. The maximum absolute atomic E-state index is 5.59. The van der Waals surface area contributed by atoms with Crippen molar-refractivity contribution in [3.05, 3.63) is 52.2 Å². The minimum Gasteiger partial charge on any atom is -0.494 e. The van der Waals surface area contributed by atoms with E-state index in [-0.39, 0.29) is 0 Å². The van der Waals surface area contributed by atoms with Crippen molar-refractivity contribution in [1.29, 1.82) is 0 Å². The molecule has 0 fully saturated rings. The Balaban J connectivity index is 1.86. The Labute approximate surface area is 119 Å². The molecule has 0 saturated heterocycles. The van der Waals surface area contributed by atoms with Gasteiger partial charge in [0.1, 0.15) is 5.75 Å². The van der Waals surface area contributed by atoms with E-state index in [9.17, 15) is 0 Å². The largest absolute Gasteiger partial charge is 0.494 e. The molecule has 2 rings (SSSR count). The third-order valence-electron chi connectivity index (χ3n) is 3.02. The number of hydrogen-bond acceptors (Lipinski definition) is 3. The van der Waals surface area contributed by atoms with Crippen molar-refractivity contribution in [3.8, 4) is 5.75 Å². The van der Waals surface area contributed by atoms with Crippen molar-refractivity contribution in [2.24, 2.45) is 0 Å². The summed E-state index contributed by atoms with van der Waals surface area (Å²) >= 11 is 1.79. The van der Waals surface area contributed by atoms with Crippen LogP contribution < -0.4 is 10.1 Å². The van der Waals surface area contributed by atoms with Crippen molar-refractivity contribution in [3.63, 3.8) is 0 Å². The van der Waals surface area contributed by atoms with Gasteiger partial charge in [-0.25, -0.2) is 0 Å². The fourth-order valence-electron chi connectivity index (χ4n) is 1.86. The van der Waals surface area contributed by atoms with Gasteiger partial charge < -0.3 is 10.1 Å². The fraction of sp³-hybridized carbons (Fsp3) is 0.375. The first kappa shape index (κ1) is 14.1. The molecule has 3 heteroatoms. The highest BCUT2D eigenvalue weighted by atomic mass is 32.1. The average molecular weight is 275 g/mol. The molecule has 0 aliphatic heterocycles. The van der Waals surface area contributed by atoms with Crippen LogP contribution in [0.25, 0.3) is 0 Å². The summed E-state index contributed by atoms with van der Waals surface area (Å²) in [4.78, 5) is 1.37. The molecule has 19 heavy (non-hydrogen) atoms. The molecule has 1 aromatic carbocycles. The van der Waals surface area contributed by atoms with Crippen molar-refractivity contribution in [2.45, 2.75) is 32.9 Å². The smallest absolute Gasteiger partial charge is 0.119 e. The molecule has 1 atom stereocenters. The van der Waals surface area contributed by atoms with Crippen molar-refractivity contribution in [1.82, 2.24) is 5.32 Å². The van der Waals surface area contributed by atoms with Crippen LogP contribution in [0, 0.1) is 0 Å². The van der Waals surface area contributed by atoms with Crippen LogP contribution in [0.1, 0.15) is 36.8 Å². The Morgan fingerprint density at radius 2 is 2.00 bits per heavy atom. The molecular weight excluding hydrogens is 254 g/mol. The van der Waals surface area contributed by atoms with Crippen LogP contribution in [-0.2, 0) is 6.54 Å². The van der Waals surface area contributed by atoms with E-state index in [1.54, 1.807) is 11.3 Å². The number of ether oxygens (including phenoxy) is 1. The average Bonchev–Trinajstić information content (AvgIpc) is 2.96. The summed E-state index contributed by atoms with van der Waals surface area (Å²) in [5.41, 5.74) is 1.29. The van der Waals surface area contributed by atoms with Crippen molar-refractivity contribution in [2.75, 3.05) is 6.61 Å². The van der Waals surface area contributed by atoms with Crippen LogP contribution in [-0.4, -0.2) is 6.61 Å². The molecule has 1 unspecified atom stereocenters. The predicted molar refractivity (Wildman–Crippen MR) is 81.8 cm³/mol. The number of hydrogen-bond donors (Lipinski definition) is 1. The monoisotopic (exact) mass is 275 g/mol. The minimum atomic E-state index is 0.349. The Hall–Kier alpha value is -1.32.